The summed E-state index contributed by atoms with van der Waals surface area (Å²) in [6, 6.07) is 5.89. The number of hydrazine groups is 1. The van der Waals surface area contributed by atoms with Gasteiger partial charge in [0, 0.05) is 41.7 Å². The van der Waals surface area contributed by atoms with E-state index in [1.54, 1.807) is 30.3 Å². The van der Waals surface area contributed by atoms with Crippen molar-refractivity contribution in [2.75, 3.05) is 6.54 Å². The molecule has 141 valence electrons. The van der Waals surface area contributed by atoms with Gasteiger partial charge in [-0.25, -0.2) is 4.79 Å². The number of amides is 4. The molecule has 27 heavy (non-hydrogen) atoms. The van der Waals surface area contributed by atoms with Gasteiger partial charge in [0.25, 0.3) is 11.8 Å². The van der Waals surface area contributed by atoms with Gasteiger partial charge in [0.2, 0.25) is 0 Å². The van der Waals surface area contributed by atoms with Gasteiger partial charge >= 0.3 is 16.4 Å². The van der Waals surface area contributed by atoms with Crippen molar-refractivity contribution in [2.45, 2.75) is 24.9 Å². The van der Waals surface area contributed by atoms with Crippen molar-refractivity contribution in [2.24, 2.45) is 0 Å². The molecule has 0 saturated carbocycles. The Bertz CT molecular complexity index is 835. The number of carbonyl (C=O) groups is 3. The van der Waals surface area contributed by atoms with Crippen LogP contribution in [0.3, 0.4) is 0 Å². The van der Waals surface area contributed by atoms with Crippen LogP contribution in [0.5, 0.6) is 0 Å². The fourth-order valence-corrected chi connectivity index (χ4v) is 3.36. The van der Waals surface area contributed by atoms with Gasteiger partial charge in [0.15, 0.2) is 0 Å². The van der Waals surface area contributed by atoms with Crippen molar-refractivity contribution in [3.63, 3.8) is 0 Å². The minimum atomic E-state index is -4.85. The first-order chi connectivity index (χ1) is 12.3. The Morgan fingerprint density at radius 2 is 1.81 bits per heavy atom. The SMILES string of the molecule is O=C(NNC(=O)C1CCC2CN1C(=O)N2OS(=O)(=O)O)c1ccccc1.[Na]. The van der Waals surface area contributed by atoms with Crippen LogP contribution >= 0.6 is 0 Å². The van der Waals surface area contributed by atoms with Gasteiger partial charge in [-0.1, -0.05) is 18.2 Å². The number of urea groups is 1. The summed E-state index contributed by atoms with van der Waals surface area (Å²) in [5.41, 5.74) is 4.87. The van der Waals surface area contributed by atoms with Crippen LogP contribution < -0.4 is 10.9 Å². The zero-order chi connectivity index (χ0) is 18.9. The zero-order valence-corrected chi connectivity index (χ0v) is 17.2. The summed E-state index contributed by atoms with van der Waals surface area (Å²) in [5.74, 6) is -1.13. The van der Waals surface area contributed by atoms with Crippen molar-refractivity contribution in [3.8, 4) is 0 Å². The average molecular weight is 407 g/mol. The Balaban J connectivity index is 0.00000261. The number of fused-ring (bicyclic) bond motifs is 2. The molecule has 2 atom stereocenters. The number of hydrogen-bond donors (Lipinski definition) is 3. The molecule has 2 bridgehead atoms. The number of benzene rings is 1. The van der Waals surface area contributed by atoms with Gasteiger partial charge in [-0.2, -0.15) is 13.5 Å². The average Bonchev–Trinajstić information content (AvgIpc) is 2.84. The molecule has 0 aromatic heterocycles. The topological polar surface area (TPSA) is 145 Å². The predicted octanol–water partition coefficient (Wildman–Crippen LogP) is -0.930. The van der Waals surface area contributed by atoms with E-state index in [0.717, 1.165) is 4.90 Å². The van der Waals surface area contributed by atoms with Crippen LogP contribution in [0.25, 0.3) is 0 Å². The first kappa shape index (κ1) is 21.6. The summed E-state index contributed by atoms with van der Waals surface area (Å²) in [7, 11) is -4.85. The quantitative estimate of drug-likeness (QED) is 0.332. The molecule has 2 aliphatic heterocycles. The van der Waals surface area contributed by atoms with Crippen LogP contribution in [-0.4, -0.2) is 89.0 Å². The molecule has 2 heterocycles. The van der Waals surface area contributed by atoms with E-state index in [1.807, 2.05) is 0 Å². The smallest absolute Gasteiger partial charge is 0.309 e. The fraction of sp³-hybridized carbons (Fsp3) is 0.357. The van der Waals surface area contributed by atoms with E-state index in [0.29, 0.717) is 17.0 Å². The molecule has 3 N–H and O–H groups in total. The molecule has 11 nitrogen and oxygen atoms in total. The largest absolute Gasteiger partial charge is 0.418 e. The summed E-state index contributed by atoms with van der Waals surface area (Å²) in [6.07, 6.45) is 0.539. The van der Waals surface area contributed by atoms with Crippen molar-refractivity contribution in [1.29, 1.82) is 0 Å². The van der Waals surface area contributed by atoms with Crippen molar-refractivity contribution in [1.82, 2.24) is 20.8 Å². The van der Waals surface area contributed by atoms with Crippen molar-refractivity contribution in [3.05, 3.63) is 35.9 Å². The maximum absolute atomic E-state index is 12.3. The molecule has 4 amide bonds. The molecular weight excluding hydrogens is 391 g/mol. The number of nitrogens with zero attached hydrogens (tertiary/aromatic N) is 2. The molecule has 1 aromatic rings. The first-order valence-corrected chi connectivity index (χ1v) is 9.05. The second-order valence-corrected chi connectivity index (χ2v) is 6.82. The summed E-state index contributed by atoms with van der Waals surface area (Å²) in [5, 5.41) is 0.547. The number of carbonyl (C=O) groups excluding carboxylic acids is 3. The van der Waals surface area contributed by atoms with Crippen molar-refractivity contribution < 1.29 is 31.6 Å². The Labute approximate surface area is 177 Å². The zero-order valence-electron chi connectivity index (χ0n) is 14.4. The molecule has 0 spiro atoms. The van der Waals surface area contributed by atoms with Gasteiger partial charge in [0.1, 0.15) is 6.04 Å². The summed E-state index contributed by atoms with van der Waals surface area (Å²) < 4.78 is 34.7. The molecule has 13 heteroatoms. The van der Waals surface area contributed by atoms with Crippen LogP contribution in [0.15, 0.2) is 30.3 Å². The maximum Gasteiger partial charge on any atom is 0.418 e. The monoisotopic (exact) mass is 407 g/mol. The van der Waals surface area contributed by atoms with Crippen LogP contribution in [-0.2, 0) is 19.5 Å². The standard InChI is InChI=1S/C14H16N4O7S.Na/c19-12(9-4-2-1-3-5-9)15-16-13(20)11-7-6-10-8-17(11)14(21)18(10)25-26(22,23)24;/h1-5,10-11H,6-8H2,(H,15,19)(H,16,20)(H,22,23,24);. The van der Waals surface area contributed by atoms with Gasteiger partial charge < -0.3 is 4.90 Å². The van der Waals surface area contributed by atoms with Crippen LogP contribution in [0.1, 0.15) is 23.2 Å². The second-order valence-electron chi connectivity index (χ2n) is 5.82. The van der Waals surface area contributed by atoms with E-state index in [1.165, 1.54) is 0 Å². The first-order valence-electron chi connectivity index (χ1n) is 7.68. The number of rotatable bonds is 4. The molecule has 1 aromatic carbocycles. The van der Waals surface area contributed by atoms with Crippen molar-refractivity contribution >= 4 is 57.8 Å². The number of hydrogen-bond acceptors (Lipinski definition) is 6. The van der Waals surface area contributed by atoms with Gasteiger partial charge in [-0.3, -0.25) is 25.0 Å². The third kappa shape index (κ3) is 4.97. The van der Waals surface area contributed by atoms with E-state index in [-0.39, 0.29) is 42.5 Å². The normalized spacial score (nSPS) is 21.4. The van der Waals surface area contributed by atoms with E-state index in [4.69, 9.17) is 4.55 Å². The van der Waals surface area contributed by atoms with Gasteiger partial charge in [-0.15, -0.1) is 4.28 Å². The van der Waals surface area contributed by atoms with E-state index < -0.39 is 40.3 Å². The minimum absolute atomic E-state index is 0. The third-order valence-corrected chi connectivity index (χ3v) is 4.48. The second kappa shape index (κ2) is 8.54. The molecule has 1 radical (unpaired) electrons. The molecule has 2 fully saturated rings. The predicted molar refractivity (Wildman–Crippen MR) is 91.2 cm³/mol. The third-order valence-electron chi connectivity index (χ3n) is 4.14. The maximum atomic E-state index is 12.3. The Kier molecular flexibility index (Phi) is 6.83. The number of piperidine rings is 1. The summed E-state index contributed by atoms with van der Waals surface area (Å²) in [4.78, 5) is 37.6. The van der Waals surface area contributed by atoms with Gasteiger partial charge in [0.05, 0.1) is 6.04 Å². The molecule has 3 rings (SSSR count). The molecule has 2 aliphatic rings. The van der Waals surface area contributed by atoms with E-state index in [2.05, 4.69) is 15.1 Å². The van der Waals surface area contributed by atoms with Crippen LogP contribution in [0.4, 0.5) is 4.79 Å². The van der Waals surface area contributed by atoms with Crippen LogP contribution in [0, 0.1) is 0 Å². The number of nitrogens with one attached hydrogen (secondary N) is 2. The van der Waals surface area contributed by atoms with Gasteiger partial charge in [-0.05, 0) is 25.0 Å². The number of hydroxylamine groups is 2. The fourth-order valence-electron chi connectivity index (χ4n) is 2.97. The van der Waals surface area contributed by atoms with Crippen LogP contribution in [0.2, 0.25) is 0 Å². The molecule has 2 unspecified atom stereocenters. The molecule has 2 saturated heterocycles. The summed E-state index contributed by atoms with van der Waals surface area (Å²) in [6.45, 7) is 0.0685. The Morgan fingerprint density at radius 3 is 2.44 bits per heavy atom. The molecule has 0 aliphatic carbocycles. The Hall–Kier alpha value is -1.70. The Morgan fingerprint density at radius 1 is 1.15 bits per heavy atom. The summed E-state index contributed by atoms with van der Waals surface area (Å²) >= 11 is 0. The molecular formula is C14H16N4NaO7S. The van der Waals surface area contributed by atoms with E-state index >= 15 is 0 Å². The minimum Gasteiger partial charge on any atom is -0.309 e. The van der Waals surface area contributed by atoms with E-state index in [9.17, 15) is 22.8 Å².